The first-order chi connectivity index (χ1) is 13.4. The molecule has 0 atom stereocenters. The lowest BCUT2D eigenvalue weighted by atomic mass is 10.1. The monoisotopic (exact) mass is 406 g/mol. The van der Waals surface area contributed by atoms with Gasteiger partial charge in [-0.2, -0.15) is 0 Å². The summed E-state index contributed by atoms with van der Waals surface area (Å²) in [5.74, 6) is -0.868. The van der Waals surface area contributed by atoms with Gasteiger partial charge in [-0.3, -0.25) is 14.4 Å². The van der Waals surface area contributed by atoms with E-state index in [1.54, 1.807) is 24.3 Å². The van der Waals surface area contributed by atoms with Gasteiger partial charge in [0.1, 0.15) is 0 Å². The van der Waals surface area contributed by atoms with Crippen molar-refractivity contribution in [2.75, 3.05) is 31.3 Å². The number of methoxy groups -OCH3 is 1. The highest BCUT2D eigenvalue weighted by atomic mass is 32.2. The predicted molar refractivity (Wildman–Crippen MR) is 104 cm³/mol. The van der Waals surface area contributed by atoms with Crippen LogP contribution in [0.25, 0.3) is 0 Å². The Labute approximate surface area is 167 Å². The largest absolute Gasteiger partial charge is 0.466 e. The first kappa shape index (κ1) is 21.5. The molecule has 0 aliphatic carbocycles. The van der Waals surface area contributed by atoms with Gasteiger partial charge in [0.05, 0.1) is 37.0 Å². The minimum Gasteiger partial charge on any atom is -0.466 e. The normalized spacial score (nSPS) is 14.9. The molecule has 2 rings (SSSR count). The van der Waals surface area contributed by atoms with Crippen LogP contribution >= 0.6 is 11.8 Å². The zero-order chi connectivity index (χ0) is 20.5. The molecule has 0 radical (unpaired) electrons. The van der Waals surface area contributed by atoms with Crippen LogP contribution in [0.4, 0.5) is 5.69 Å². The third kappa shape index (κ3) is 6.73. The zero-order valence-electron chi connectivity index (χ0n) is 15.7. The molecule has 1 aliphatic rings. The summed E-state index contributed by atoms with van der Waals surface area (Å²) >= 11 is 1.28. The summed E-state index contributed by atoms with van der Waals surface area (Å²) in [5, 5.41) is 3.20. The molecule has 0 aromatic heterocycles. The fraction of sp³-hybridized carbons (Fsp3) is 0.368. The zero-order valence-corrected chi connectivity index (χ0v) is 16.5. The van der Waals surface area contributed by atoms with E-state index in [2.05, 4.69) is 10.1 Å². The van der Waals surface area contributed by atoms with Crippen molar-refractivity contribution >= 4 is 41.2 Å². The number of hydrogen-bond acceptors (Lipinski definition) is 7. The van der Waals surface area contributed by atoms with Crippen molar-refractivity contribution < 1.29 is 28.7 Å². The van der Waals surface area contributed by atoms with Crippen LogP contribution in [0, 0.1) is 0 Å². The standard InChI is InChI=1S/C19H22N2O6S/c1-13(22)20-15-6-4-14(5-7-15)10-19(25)27-9-3-8-21-16(23)12-28-17(21)11-18(24)26-2/h4-7,11H,3,8-10,12H2,1-2H3,(H,20,22)/b17-11+. The smallest absolute Gasteiger partial charge is 0.333 e. The first-order valence-corrected chi connectivity index (χ1v) is 9.62. The number of carbonyl (C=O) groups excluding carboxylic acids is 4. The van der Waals surface area contributed by atoms with Crippen molar-refractivity contribution in [3.05, 3.63) is 40.9 Å². The molecule has 9 heteroatoms. The molecular formula is C19H22N2O6S. The van der Waals surface area contributed by atoms with Gasteiger partial charge in [0.15, 0.2) is 0 Å². The van der Waals surface area contributed by atoms with Crippen molar-refractivity contribution in [1.82, 2.24) is 4.90 Å². The number of hydrogen-bond donors (Lipinski definition) is 1. The van der Waals surface area contributed by atoms with Crippen molar-refractivity contribution in [3.8, 4) is 0 Å². The third-order valence-electron chi connectivity index (χ3n) is 3.76. The van der Waals surface area contributed by atoms with Gasteiger partial charge in [-0.05, 0) is 24.1 Å². The van der Waals surface area contributed by atoms with Gasteiger partial charge >= 0.3 is 11.9 Å². The average molecular weight is 406 g/mol. The maximum absolute atomic E-state index is 11.9. The molecule has 1 saturated heterocycles. The number of nitrogens with zero attached hydrogens (tertiary/aromatic N) is 1. The molecular weight excluding hydrogens is 384 g/mol. The van der Waals surface area contributed by atoms with E-state index in [4.69, 9.17) is 4.74 Å². The summed E-state index contributed by atoms with van der Waals surface area (Å²) in [4.78, 5) is 47.7. The third-order valence-corrected chi connectivity index (χ3v) is 4.79. The van der Waals surface area contributed by atoms with Gasteiger partial charge in [0.25, 0.3) is 0 Å². The number of benzene rings is 1. The van der Waals surface area contributed by atoms with Gasteiger partial charge in [0, 0.05) is 19.2 Å². The van der Waals surface area contributed by atoms with Crippen LogP contribution < -0.4 is 5.32 Å². The minimum absolute atomic E-state index is 0.0919. The lowest BCUT2D eigenvalue weighted by Crippen LogP contribution is -2.27. The van der Waals surface area contributed by atoms with Crippen LogP contribution in [0.5, 0.6) is 0 Å². The van der Waals surface area contributed by atoms with E-state index in [9.17, 15) is 19.2 Å². The van der Waals surface area contributed by atoms with Gasteiger partial charge in [-0.15, -0.1) is 0 Å². The predicted octanol–water partition coefficient (Wildman–Crippen LogP) is 1.71. The van der Waals surface area contributed by atoms with E-state index in [-0.39, 0.29) is 36.6 Å². The molecule has 0 unspecified atom stereocenters. The van der Waals surface area contributed by atoms with Gasteiger partial charge in [0.2, 0.25) is 11.8 Å². The van der Waals surface area contributed by atoms with Crippen molar-refractivity contribution in [3.63, 3.8) is 0 Å². The highest BCUT2D eigenvalue weighted by Crippen LogP contribution is 2.28. The van der Waals surface area contributed by atoms with Gasteiger partial charge in [-0.1, -0.05) is 23.9 Å². The second-order valence-corrected chi connectivity index (χ2v) is 6.96. The number of anilines is 1. The molecule has 1 fully saturated rings. The lowest BCUT2D eigenvalue weighted by molar-refractivity contribution is -0.143. The van der Waals surface area contributed by atoms with Crippen LogP contribution in [0.15, 0.2) is 35.4 Å². The second kappa shape index (κ2) is 10.5. The summed E-state index contributed by atoms with van der Waals surface area (Å²) in [7, 11) is 1.28. The van der Waals surface area contributed by atoms with Crippen LogP contribution in [0.1, 0.15) is 18.9 Å². The molecule has 1 aromatic carbocycles. The van der Waals surface area contributed by atoms with E-state index in [0.717, 1.165) is 5.56 Å². The average Bonchev–Trinajstić information content (AvgIpc) is 2.99. The topological polar surface area (TPSA) is 102 Å². The van der Waals surface area contributed by atoms with Crippen molar-refractivity contribution in [1.29, 1.82) is 0 Å². The summed E-state index contributed by atoms with van der Waals surface area (Å²) in [6.45, 7) is 1.95. The highest BCUT2D eigenvalue weighted by Gasteiger charge is 2.27. The van der Waals surface area contributed by atoms with E-state index >= 15 is 0 Å². The molecule has 8 nitrogen and oxygen atoms in total. The van der Waals surface area contributed by atoms with Crippen LogP contribution in [-0.2, 0) is 35.1 Å². The molecule has 0 saturated carbocycles. The van der Waals surface area contributed by atoms with Crippen LogP contribution in [0.3, 0.4) is 0 Å². The highest BCUT2D eigenvalue weighted by molar-refractivity contribution is 8.04. The molecule has 1 aliphatic heterocycles. The van der Waals surface area contributed by atoms with E-state index in [1.165, 1.54) is 36.8 Å². The number of rotatable bonds is 8. The number of ether oxygens (including phenoxy) is 2. The Morgan fingerprint density at radius 2 is 1.96 bits per heavy atom. The van der Waals surface area contributed by atoms with E-state index < -0.39 is 5.97 Å². The fourth-order valence-corrected chi connectivity index (χ4v) is 3.42. The Kier molecular flexibility index (Phi) is 8.06. The minimum atomic E-state index is -0.516. The fourth-order valence-electron chi connectivity index (χ4n) is 2.46. The Balaban J connectivity index is 1.74. The van der Waals surface area contributed by atoms with Gasteiger partial charge < -0.3 is 19.7 Å². The van der Waals surface area contributed by atoms with Crippen LogP contribution in [-0.4, -0.2) is 54.7 Å². The van der Waals surface area contributed by atoms with E-state index in [0.29, 0.717) is 23.7 Å². The molecule has 1 N–H and O–H groups in total. The van der Waals surface area contributed by atoms with Gasteiger partial charge in [-0.25, -0.2) is 4.79 Å². The van der Waals surface area contributed by atoms with E-state index in [1.807, 2.05) is 0 Å². The lowest BCUT2D eigenvalue weighted by Gasteiger charge is -2.16. The summed E-state index contributed by atoms with van der Waals surface area (Å²) in [6, 6.07) is 6.93. The maximum atomic E-state index is 11.9. The van der Waals surface area contributed by atoms with Crippen LogP contribution in [0.2, 0.25) is 0 Å². The molecule has 0 spiro atoms. The quantitative estimate of drug-likeness (QED) is 0.398. The molecule has 1 aromatic rings. The number of thioether (sulfide) groups is 1. The summed E-state index contributed by atoms with van der Waals surface area (Å²) < 4.78 is 9.79. The summed E-state index contributed by atoms with van der Waals surface area (Å²) in [5.41, 5.74) is 1.43. The number of esters is 2. The SMILES string of the molecule is COC(=O)/C=C1/SCC(=O)N1CCCOC(=O)Cc1ccc(NC(C)=O)cc1. The van der Waals surface area contributed by atoms with Crippen molar-refractivity contribution in [2.45, 2.75) is 19.8 Å². The Morgan fingerprint density at radius 3 is 2.61 bits per heavy atom. The Hall–Kier alpha value is -2.81. The number of amides is 2. The number of nitrogens with one attached hydrogen (secondary N) is 1. The molecule has 2 amide bonds. The molecule has 150 valence electrons. The second-order valence-electron chi connectivity index (χ2n) is 5.97. The Morgan fingerprint density at radius 1 is 1.25 bits per heavy atom. The van der Waals surface area contributed by atoms with Crippen molar-refractivity contribution in [2.24, 2.45) is 0 Å². The maximum Gasteiger partial charge on any atom is 0.333 e. The molecule has 0 bridgehead atoms. The molecule has 28 heavy (non-hydrogen) atoms. The first-order valence-electron chi connectivity index (χ1n) is 8.64. The number of carbonyl (C=O) groups is 4. The summed E-state index contributed by atoms with van der Waals surface area (Å²) in [6.07, 6.45) is 1.86. The molecule has 1 heterocycles. The Bertz CT molecular complexity index is 775.